The van der Waals surface area contributed by atoms with Gasteiger partial charge in [-0.3, -0.25) is 0 Å². The Hall–Kier alpha value is -3.08. The maximum Gasteiger partial charge on any atom is 0.347 e. The Kier molecular flexibility index (Phi) is 4.36. The lowest BCUT2D eigenvalue weighted by atomic mass is 10.2. The Labute approximate surface area is 121 Å². The number of aromatic hydroxyl groups is 1. The monoisotopic (exact) mass is 284 g/mol. The molecule has 0 fully saturated rings. The summed E-state index contributed by atoms with van der Waals surface area (Å²) in [5, 5.41) is 9.81. The number of carbonyl (C=O) groups excluding carboxylic acids is 2. The summed E-state index contributed by atoms with van der Waals surface area (Å²) in [7, 11) is 0. The predicted octanol–water partition coefficient (Wildman–Crippen LogP) is 2.70. The molecule has 0 aliphatic heterocycles. The van der Waals surface area contributed by atoms with Gasteiger partial charge in [0.2, 0.25) is 0 Å². The highest BCUT2D eigenvalue weighted by molar-refractivity contribution is 5.94. The molecule has 5 heteroatoms. The molecule has 2 aromatic carbocycles. The third kappa shape index (κ3) is 3.70. The molecular weight excluding hydrogens is 272 g/mol. The maximum atomic E-state index is 11.9. The molecule has 0 aliphatic carbocycles. The van der Waals surface area contributed by atoms with E-state index >= 15 is 0 Å². The molecule has 0 spiro atoms. The molecule has 0 heterocycles. The predicted molar refractivity (Wildman–Crippen MR) is 75.3 cm³/mol. The van der Waals surface area contributed by atoms with Gasteiger partial charge in [0.1, 0.15) is 22.8 Å². The van der Waals surface area contributed by atoms with Crippen molar-refractivity contribution in [1.29, 1.82) is 0 Å². The van der Waals surface area contributed by atoms with Crippen LogP contribution in [0.3, 0.4) is 0 Å². The second-order valence-corrected chi connectivity index (χ2v) is 4.01. The minimum atomic E-state index is -0.708. The number of ether oxygens (including phenoxy) is 2. The van der Waals surface area contributed by atoms with Gasteiger partial charge < -0.3 is 14.6 Å². The van der Waals surface area contributed by atoms with Crippen LogP contribution in [0.2, 0.25) is 0 Å². The number of phenolic OH excluding ortho intramolecular Hbond substituents is 1. The van der Waals surface area contributed by atoms with Crippen LogP contribution in [-0.4, -0.2) is 17.0 Å². The largest absolute Gasteiger partial charge is 0.507 e. The first-order valence-corrected chi connectivity index (χ1v) is 6.04. The lowest BCUT2D eigenvalue weighted by Gasteiger charge is -2.07. The Balaban J connectivity index is 2.15. The number of rotatable bonds is 4. The van der Waals surface area contributed by atoms with Crippen molar-refractivity contribution in [3.63, 3.8) is 0 Å². The zero-order chi connectivity index (χ0) is 15.2. The normalized spacial score (nSPS) is 9.71. The van der Waals surface area contributed by atoms with E-state index < -0.39 is 11.9 Å². The second-order valence-electron chi connectivity index (χ2n) is 4.01. The first-order valence-electron chi connectivity index (χ1n) is 6.04. The first kappa shape index (κ1) is 14.3. The maximum absolute atomic E-state index is 11.9. The summed E-state index contributed by atoms with van der Waals surface area (Å²) in [6, 6.07) is 12.3. The van der Waals surface area contributed by atoms with Gasteiger partial charge >= 0.3 is 11.9 Å². The van der Waals surface area contributed by atoms with E-state index in [0.717, 1.165) is 12.1 Å². The van der Waals surface area contributed by atoms with E-state index in [1.165, 1.54) is 12.1 Å². The molecule has 0 saturated heterocycles. The van der Waals surface area contributed by atoms with Crippen LogP contribution in [0.4, 0.5) is 0 Å². The molecule has 21 heavy (non-hydrogen) atoms. The van der Waals surface area contributed by atoms with Crippen LogP contribution in [-0.2, 0) is 4.79 Å². The third-order valence-corrected chi connectivity index (χ3v) is 2.53. The molecule has 2 rings (SSSR count). The highest BCUT2D eigenvalue weighted by Crippen LogP contribution is 2.25. The minimum absolute atomic E-state index is 0.0303. The van der Waals surface area contributed by atoms with Crippen molar-refractivity contribution in [3.8, 4) is 17.2 Å². The van der Waals surface area contributed by atoms with E-state index in [0.29, 0.717) is 5.75 Å². The van der Waals surface area contributed by atoms with Crippen molar-refractivity contribution >= 4 is 11.9 Å². The van der Waals surface area contributed by atoms with Crippen LogP contribution in [0.1, 0.15) is 10.4 Å². The lowest BCUT2D eigenvalue weighted by Crippen LogP contribution is -2.09. The van der Waals surface area contributed by atoms with Gasteiger partial charge in [-0.1, -0.05) is 24.8 Å². The molecule has 0 amide bonds. The van der Waals surface area contributed by atoms with Crippen molar-refractivity contribution in [2.45, 2.75) is 0 Å². The van der Waals surface area contributed by atoms with E-state index in [1.807, 2.05) is 0 Å². The zero-order valence-corrected chi connectivity index (χ0v) is 11.0. The zero-order valence-electron chi connectivity index (χ0n) is 11.0. The van der Waals surface area contributed by atoms with Gasteiger partial charge in [0, 0.05) is 12.1 Å². The Morgan fingerprint density at radius 2 is 1.71 bits per heavy atom. The van der Waals surface area contributed by atoms with Crippen LogP contribution in [0.5, 0.6) is 17.2 Å². The van der Waals surface area contributed by atoms with Gasteiger partial charge in [0.05, 0.1) is 0 Å². The van der Waals surface area contributed by atoms with E-state index in [4.69, 9.17) is 9.47 Å². The summed E-state index contributed by atoms with van der Waals surface area (Å²) >= 11 is 0. The Bertz CT molecular complexity index is 676. The fourth-order valence-corrected chi connectivity index (χ4v) is 1.56. The molecule has 1 N–H and O–H groups in total. The Morgan fingerprint density at radius 3 is 2.33 bits per heavy atom. The molecule has 0 aromatic heterocycles. The molecule has 0 saturated carbocycles. The molecule has 0 radical (unpaired) electrons. The molecule has 106 valence electrons. The number of hydrogen-bond acceptors (Lipinski definition) is 5. The van der Waals surface area contributed by atoms with Crippen LogP contribution in [0.15, 0.2) is 61.2 Å². The average molecular weight is 284 g/mol. The van der Waals surface area contributed by atoms with Crippen molar-refractivity contribution < 1.29 is 24.2 Å². The van der Waals surface area contributed by atoms with Crippen LogP contribution in [0, 0.1) is 0 Å². The molecular formula is C16H12O5. The molecule has 0 bridgehead atoms. The second kappa shape index (κ2) is 6.38. The fraction of sp³-hybridized carbons (Fsp3) is 0. The SMILES string of the molecule is C=CC(=O)Oc1ccc(C(=O)Oc2ccccc2)c(O)c1. The van der Waals surface area contributed by atoms with E-state index in [2.05, 4.69) is 6.58 Å². The molecule has 0 unspecified atom stereocenters. The topological polar surface area (TPSA) is 72.8 Å². The molecule has 2 aromatic rings. The average Bonchev–Trinajstić information content (AvgIpc) is 2.48. The van der Waals surface area contributed by atoms with Crippen LogP contribution < -0.4 is 9.47 Å². The van der Waals surface area contributed by atoms with Crippen LogP contribution >= 0.6 is 0 Å². The van der Waals surface area contributed by atoms with Crippen molar-refractivity contribution in [2.24, 2.45) is 0 Å². The minimum Gasteiger partial charge on any atom is -0.507 e. The number of para-hydroxylation sites is 1. The van der Waals surface area contributed by atoms with Gasteiger partial charge in [-0.2, -0.15) is 0 Å². The number of benzene rings is 2. The van der Waals surface area contributed by atoms with Crippen molar-refractivity contribution in [1.82, 2.24) is 0 Å². The molecule has 5 nitrogen and oxygen atoms in total. The number of phenols is 1. The fourth-order valence-electron chi connectivity index (χ4n) is 1.56. The molecule has 0 atom stereocenters. The lowest BCUT2D eigenvalue weighted by molar-refractivity contribution is -0.128. The van der Waals surface area contributed by atoms with Crippen LogP contribution in [0.25, 0.3) is 0 Å². The summed E-state index contributed by atoms with van der Waals surface area (Å²) in [4.78, 5) is 23.0. The summed E-state index contributed by atoms with van der Waals surface area (Å²) in [5.41, 5.74) is -0.0303. The van der Waals surface area contributed by atoms with E-state index in [9.17, 15) is 14.7 Å². The van der Waals surface area contributed by atoms with Gasteiger partial charge in [0.15, 0.2) is 0 Å². The highest BCUT2D eigenvalue weighted by atomic mass is 16.5. The van der Waals surface area contributed by atoms with E-state index in [1.54, 1.807) is 30.3 Å². The van der Waals surface area contributed by atoms with E-state index in [-0.39, 0.29) is 17.1 Å². The summed E-state index contributed by atoms with van der Waals surface area (Å²) < 4.78 is 9.93. The van der Waals surface area contributed by atoms with Gasteiger partial charge in [0.25, 0.3) is 0 Å². The summed E-state index contributed by atoms with van der Waals surface area (Å²) in [5.74, 6) is -1.24. The standard InChI is InChI=1S/C16H12O5/c1-2-15(18)20-12-8-9-13(14(17)10-12)16(19)21-11-6-4-3-5-7-11/h2-10,17H,1H2. The summed E-state index contributed by atoms with van der Waals surface area (Å²) in [6.45, 7) is 3.26. The number of esters is 2. The van der Waals surface area contributed by atoms with Gasteiger partial charge in [-0.05, 0) is 24.3 Å². The number of carbonyl (C=O) groups is 2. The first-order chi connectivity index (χ1) is 10.1. The smallest absolute Gasteiger partial charge is 0.347 e. The third-order valence-electron chi connectivity index (χ3n) is 2.53. The Morgan fingerprint density at radius 1 is 1.00 bits per heavy atom. The summed E-state index contributed by atoms with van der Waals surface area (Å²) in [6.07, 6.45) is 0.995. The van der Waals surface area contributed by atoms with Crippen molar-refractivity contribution in [2.75, 3.05) is 0 Å². The van der Waals surface area contributed by atoms with Gasteiger partial charge in [-0.15, -0.1) is 0 Å². The molecule has 0 aliphatic rings. The number of hydrogen-bond donors (Lipinski definition) is 1. The highest BCUT2D eigenvalue weighted by Gasteiger charge is 2.15. The quantitative estimate of drug-likeness (QED) is 0.531. The van der Waals surface area contributed by atoms with Crippen molar-refractivity contribution in [3.05, 3.63) is 66.7 Å². The van der Waals surface area contributed by atoms with Gasteiger partial charge in [-0.25, -0.2) is 9.59 Å².